The molecule has 2 aromatic carbocycles. The summed E-state index contributed by atoms with van der Waals surface area (Å²) in [5.41, 5.74) is 4.10. The van der Waals surface area contributed by atoms with E-state index in [1.165, 1.54) is 20.4 Å². The number of phenolic OH excluding ortho intramolecular Hbond substituents is 1. The van der Waals surface area contributed by atoms with Gasteiger partial charge in [-0.15, -0.1) is 0 Å². The molecular weight excluding hydrogens is 564 g/mol. The number of rotatable bonds is 11. The van der Waals surface area contributed by atoms with Gasteiger partial charge in [-0.25, -0.2) is 9.59 Å². The van der Waals surface area contributed by atoms with Crippen LogP contribution in [0.15, 0.2) is 51.2 Å². The number of carbonyl (C=O) groups excluding carboxylic acids is 2. The van der Waals surface area contributed by atoms with E-state index >= 15 is 0 Å². The van der Waals surface area contributed by atoms with E-state index < -0.39 is 24.3 Å². The lowest BCUT2D eigenvalue weighted by atomic mass is 9.95. The van der Waals surface area contributed by atoms with Gasteiger partial charge in [0.05, 0.1) is 38.7 Å². The van der Waals surface area contributed by atoms with E-state index in [1.54, 1.807) is 44.2 Å². The Labute approximate surface area is 227 Å². The maximum absolute atomic E-state index is 12.4. The number of ether oxygens (including phenoxy) is 4. The first-order chi connectivity index (χ1) is 18.2. The minimum atomic E-state index is -1.20. The molecule has 5 N–H and O–H groups in total. The summed E-state index contributed by atoms with van der Waals surface area (Å²) in [4.78, 5) is 24.5. The highest BCUT2D eigenvalue weighted by Gasteiger charge is 2.32. The quantitative estimate of drug-likeness (QED) is 0.114. The molecule has 12 nitrogen and oxygen atoms in total. The molecule has 0 radical (unpaired) electrons. The Hall–Kier alpha value is -3.97. The highest BCUT2D eigenvalue weighted by Crippen LogP contribution is 2.35. The van der Waals surface area contributed by atoms with Gasteiger partial charge in [0.25, 0.3) is 0 Å². The van der Waals surface area contributed by atoms with Gasteiger partial charge in [0, 0.05) is 15.7 Å². The lowest BCUT2D eigenvalue weighted by molar-refractivity contribution is -0.136. The number of urea groups is 1. The highest BCUT2D eigenvalue weighted by molar-refractivity contribution is 9.10. The number of aliphatic hydroxyl groups excluding tert-OH is 1. The molecule has 1 aliphatic rings. The van der Waals surface area contributed by atoms with E-state index in [1.807, 2.05) is 0 Å². The maximum Gasteiger partial charge on any atom is 0.337 e. The highest BCUT2D eigenvalue weighted by atomic mass is 79.9. The summed E-state index contributed by atoms with van der Waals surface area (Å²) in [6.45, 7) is 3.54. The number of halogens is 1. The normalized spacial score (nSPS) is 15.9. The lowest BCUT2D eigenvalue weighted by Crippen LogP contribution is -2.45. The van der Waals surface area contributed by atoms with Gasteiger partial charge in [0.1, 0.15) is 6.61 Å². The molecular formula is C25H29BrN4O8. The van der Waals surface area contributed by atoms with Gasteiger partial charge in [-0.3, -0.25) is 5.43 Å². The fraction of sp³-hybridized carbons (Fsp3) is 0.320. The van der Waals surface area contributed by atoms with Gasteiger partial charge >= 0.3 is 12.0 Å². The first kappa shape index (κ1) is 28.6. The van der Waals surface area contributed by atoms with Crippen LogP contribution in [0.2, 0.25) is 0 Å². The van der Waals surface area contributed by atoms with Crippen LogP contribution in [0.5, 0.6) is 23.0 Å². The number of aromatic hydroxyl groups is 1. The van der Waals surface area contributed by atoms with Crippen LogP contribution >= 0.6 is 15.9 Å². The number of carbonyl (C=O) groups is 2. The van der Waals surface area contributed by atoms with Crippen molar-refractivity contribution in [2.24, 2.45) is 5.10 Å². The van der Waals surface area contributed by atoms with Gasteiger partial charge < -0.3 is 39.8 Å². The summed E-state index contributed by atoms with van der Waals surface area (Å²) in [5, 5.41) is 29.7. The third kappa shape index (κ3) is 6.86. The molecule has 0 spiro atoms. The number of aliphatic hydroxyl groups is 1. The predicted octanol–water partition coefficient (Wildman–Crippen LogP) is 2.68. The topological polar surface area (TPSA) is 160 Å². The Bertz CT molecular complexity index is 1250. The maximum atomic E-state index is 12.4. The number of methoxy groups -OCH3 is 2. The second-order valence-electron chi connectivity index (χ2n) is 7.96. The monoisotopic (exact) mass is 592 g/mol. The Morgan fingerprint density at radius 2 is 1.97 bits per heavy atom. The van der Waals surface area contributed by atoms with Crippen molar-refractivity contribution in [2.75, 3.05) is 27.4 Å². The number of esters is 1. The molecule has 38 heavy (non-hydrogen) atoms. The molecule has 204 valence electrons. The zero-order chi connectivity index (χ0) is 27.8. The van der Waals surface area contributed by atoms with Crippen LogP contribution in [0.25, 0.3) is 0 Å². The zero-order valence-electron chi connectivity index (χ0n) is 21.2. The van der Waals surface area contributed by atoms with E-state index in [9.17, 15) is 19.8 Å². The van der Waals surface area contributed by atoms with Gasteiger partial charge in [-0.2, -0.15) is 5.10 Å². The largest absolute Gasteiger partial charge is 0.504 e. The first-order valence-electron chi connectivity index (χ1n) is 11.5. The van der Waals surface area contributed by atoms with E-state index in [4.69, 9.17) is 18.9 Å². The van der Waals surface area contributed by atoms with Crippen molar-refractivity contribution in [3.8, 4) is 23.0 Å². The number of hydrogen-bond donors (Lipinski definition) is 5. The lowest BCUT2D eigenvalue weighted by Gasteiger charge is -2.28. The fourth-order valence-corrected chi connectivity index (χ4v) is 4.12. The van der Waals surface area contributed by atoms with Crippen molar-refractivity contribution in [2.45, 2.75) is 26.1 Å². The van der Waals surface area contributed by atoms with Crippen LogP contribution in [0.4, 0.5) is 4.79 Å². The van der Waals surface area contributed by atoms with Crippen molar-refractivity contribution in [1.29, 1.82) is 0 Å². The van der Waals surface area contributed by atoms with Crippen LogP contribution < -0.4 is 30.3 Å². The number of allylic oxidation sites excluding steroid dienone is 1. The molecule has 2 atom stereocenters. The molecule has 3 rings (SSSR count). The SMILES string of the molecule is CCOc1cc([C@H]2NC(=O)NC(C)=C2C(=O)OC)ccc1OC[C@H](O)N/N=C\c1cc(Br)cc(OC)c1O. The molecule has 0 saturated heterocycles. The second-order valence-corrected chi connectivity index (χ2v) is 8.88. The van der Waals surface area contributed by atoms with E-state index in [0.717, 1.165) is 0 Å². The molecule has 2 amide bonds. The second kappa shape index (κ2) is 13.0. The van der Waals surface area contributed by atoms with Gasteiger partial charge in [-0.1, -0.05) is 22.0 Å². The average molecular weight is 593 g/mol. The van der Waals surface area contributed by atoms with Crippen molar-refractivity contribution >= 4 is 34.1 Å². The molecule has 0 unspecified atom stereocenters. The van der Waals surface area contributed by atoms with Crippen LogP contribution in [0.1, 0.15) is 31.0 Å². The summed E-state index contributed by atoms with van der Waals surface area (Å²) in [7, 11) is 2.70. The third-order valence-corrected chi connectivity index (χ3v) is 5.85. The van der Waals surface area contributed by atoms with Gasteiger partial charge in [0.15, 0.2) is 29.2 Å². The van der Waals surface area contributed by atoms with Crippen molar-refractivity contribution in [1.82, 2.24) is 16.1 Å². The smallest absolute Gasteiger partial charge is 0.337 e. The van der Waals surface area contributed by atoms with Crippen LogP contribution in [-0.2, 0) is 9.53 Å². The van der Waals surface area contributed by atoms with Crippen LogP contribution in [0.3, 0.4) is 0 Å². The molecule has 2 aromatic rings. The minimum absolute atomic E-state index is 0.0984. The molecule has 0 aromatic heterocycles. The zero-order valence-corrected chi connectivity index (χ0v) is 22.8. The number of nitrogens with zero attached hydrogens (tertiary/aromatic N) is 1. The molecule has 0 fully saturated rings. The number of phenols is 1. The summed E-state index contributed by atoms with van der Waals surface area (Å²) in [5.74, 6) is 0.267. The number of nitrogens with one attached hydrogen (secondary N) is 3. The van der Waals surface area contributed by atoms with E-state index in [2.05, 4.69) is 37.1 Å². The Morgan fingerprint density at radius 3 is 2.66 bits per heavy atom. The van der Waals surface area contributed by atoms with Crippen molar-refractivity contribution in [3.63, 3.8) is 0 Å². The standard InChI is InChI=1S/C25H29BrN4O8/c1-5-37-18-9-14(22-21(24(33)36-4)13(2)28-25(34)29-22)6-7-17(18)38-12-20(31)30-27-11-15-8-16(26)10-19(35-3)23(15)32/h6-11,20,22,30-32H,5,12H2,1-4H3,(H2,28,29,34)/b27-11-/t20-,22+/m0/s1. The fourth-order valence-electron chi connectivity index (χ4n) is 3.66. The van der Waals surface area contributed by atoms with Gasteiger partial charge in [-0.05, 0) is 43.7 Å². The van der Waals surface area contributed by atoms with Crippen LogP contribution in [-0.4, -0.2) is 62.1 Å². The van der Waals surface area contributed by atoms with Crippen molar-refractivity contribution < 1.29 is 38.7 Å². The molecule has 0 bridgehead atoms. The Balaban J connectivity index is 1.72. The Kier molecular flexibility index (Phi) is 9.79. The number of hydrazone groups is 1. The summed E-state index contributed by atoms with van der Waals surface area (Å²) in [6.07, 6.45) is 0.130. The third-order valence-electron chi connectivity index (χ3n) is 5.39. The van der Waals surface area contributed by atoms with E-state index in [0.29, 0.717) is 39.4 Å². The molecule has 0 saturated carbocycles. The number of amides is 2. The molecule has 13 heteroatoms. The van der Waals surface area contributed by atoms with Crippen molar-refractivity contribution in [3.05, 3.63) is 57.2 Å². The Morgan fingerprint density at radius 1 is 1.21 bits per heavy atom. The van der Waals surface area contributed by atoms with Gasteiger partial charge in [0.2, 0.25) is 0 Å². The first-order valence-corrected chi connectivity index (χ1v) is 12.3. The summed E-state index contributed by atoms with van der Waals surface area (Å²) in [6, 6.07) is 6.95. The number of hydrogen-bond acceptors (Lipinski definition) is 10. The molecule has 1 aliphatic heterocycles. The summed E-state index contributed by atoms with van der Waals surface area (Å²) >= 11 is 3.33. The van der Waals surface area contributed by atoms with Crippen LogP contribution in [0, 0.1) is 0 Å². The average Bonchev–Trinajstić information content (AvgIpc) is 2.88. The predicted molar refractivity (Wildman–Crippen MR) is 141 cm³/mol. The van der Waals surface area contributed by atoms with E-state index in [-0.39, 0.29) is 23.7 Å². The minimum Gasteiger partial charge on any atom is -0.504 e. The summed E-state index contributed by atoms with van der Waals surface area (Å²) < 4.78 is 22.1. The molecule has 1 heterocycles. The number of benzene rings is 2. The molecule has 0 aliphatic carbocycles.